The first-order valence-electron chi connectivity index (χ1n) is 7.47. The highest BCUT2D eigenvalue weighted by atomic mass is 35.5. The van der Waals surface area contributed by atoms with Crippen molar-refractivity contribution in [2.45, 2.75) is 38.1 Å². The minimum atomic E-state index is 0. The summed E-state index contributed by atoms with van der Waals surface area (Å²) in [4.78, 5) is 5.26. The Bertz CT molecular complexity index is 362. The van der Waals surface area contributed by atoms with Gasteiger partial charge in [0.25, 0.3) is 0 Å². The van der Waals surface area contributed by atoms with Crippen molar-refractivity contribution in [3.8, 4) is 0 Å². The number of halogens is 2. The van der Waals surface area contributed by atoms with Crippen LogP contribution < -0.4 is 4.90 Å². The Morgan fingerprint density at radius 2 is 1.60 bits per heavy atom. The van der Waals surface area contributed by atoms with Crippen molar-refractivity contribution < 1.29 is 0 Å². The van der Waals surface area contributed by atoms with E-state index in [0.29, 0.717) is 0 Å². The lowest BCUT2D eigenvalue weighted by atomic mass is 10.1. The van der Waals surface area contributed by atoms with E-state index in [2.05, 4.69) is 40.1 Å². The van der Waals surface area contributed by atoms with E-state index >= 15 is 0 Å². The molecule has 1 aliphatic heterocycles. The van der Waals surface area contributed by atoms with Crippen LogP contribution in [0.5, 0.6) is 0 Å². The summed E-state index contributed by atoms with van der Waals surface area (Å²) in [5.41, 5.74) is 1.41. The quantitative estimate of drug-likeness (QED) is 0.810. The van der Waals surface area contributed by atoms with Crippen molar-refractivity contribution in [2.24, 2.45) is 0 Å². The van der Waals surface area contributed by atoms with Gasteiger partial charge < -0.3 is 9.80 Å². The molecule has 0 aromatic heterocycles. The third kappa shape index (κ3) is 4.83. The summed E-state index contributed by atoms with van der Waals surface area (Å²) < 4.78 is 0. The lowest BCUT2D eigenvalue weighted by molar-refractivity contribution is 0.233. The molecule has 0 unspecified atom stereocenters. The van der Waals surface area contributed by atoms with Gasteiger partial charge in [-0.15, -0.1) is 24.8 Å². The van der Waals surface area contributed by atoms with Gasteiger partial charge in [-0.3, -0.25) is 0 Å². The molecule has 114 valence electrons. The average Bonchev–Trinajstić information content (AvgIpc) is 3.26. The highest BCUT2D eigenvalue weighted by molar-refractivity contribution is 5.85. The van der Waals surface area contributed by atoms with Crippen LogP contribution >= 0.6 is 24.8 Å². The molecule has 0 amide bonds. The molecular formula is C16H26Cl2N2. The standard InChI is InChI=1S/C16H24N2.2ClH/c1-3-7-15(8-4-1)18(16-9-10-16)14-13-17-11-5-2-6-12-17;;/h1,3-4,7-8,16H,2,5-6,9-14H2;2*1H. The predicted octanol–water partition coefficient (Wildman–Crippen LogP) is 3.98. The Morgan fingerprint density at radius 3 is 2.20 bits per heavy atom. The SMILES string of the molecule is Cl.Cl.c1ccc(N(CCN2CCCCC2)C2CC2)cc1. The normalized spacial score (nSPS) is 18.8. The molecule has 0 atom stereocenters. The van der Waals surface area contributed by atoms with Crippen LogP contribution in [0.1, 0.15) is 32.1 Å². The Morgan fingerprint density at radius 1 is 0.950 bits per heavy atom. The number of anilines is 1. The number of likely N-dealkylation sites (tertiary alicyclic amines) is 1. The summed E-state index contributed by atoms with van der Waals surface area (Å²) in [6.45, 7) is 5.07. The van der Waals surface area contributed by atoms with Crippen LogP contribution in [0.3, 0.4) is 0 Å². The van der Waals surface area contributed by atoms with Gasteiger partial charge in [0, 0.05) is 24.8 Å². The number of hydrogen-bond acceptors (Lipinski definition) is 2. The molecule has 1 aromatic carbocycles. The molecule has 0 radical (unpaired) electrons. The molecule has 1 aromatic rings. The van der Waals surface area contributed by atoms with Crippen LogP contribution in [-0.2, 0) is 0 Å². The molecule has 3 rings (SSSR count). The van der Waals surface area contributed by atoms with Crippen LogP contribution in [0.4, 0.5) is 5.69 Å². The Balaban J connectivity index is 0.000001000. The van der Waals surface area contributed by atoms with Crippen LogP contribution in [0.15, 0.2) is 30.3 Å². The fourth-order valence-corrected chi connectivity index (χ4v) is 2.96. The molecule has 2 aliphatic rings. The number of piperidine rings is 1. The van der Waals surface area contributed by atoms with Crippen LogP contribution in [0.2, 0.25) is 0 Å². The van der Waals surface area contributed by atoms with E-state index in [1.54, 1.807) is 0 Å². The van der Waals surface area contributed by atoms with E-state index in [4.69, 9.17) is 0 Å². The Hall–Kier alpha value is -0.440. The van der Waals surface area contributed by atoms with Gasteiger partial charge >= 0.3 is 0 Å². The van der Waals surface area contributed by atoms with Crippen LogP contribution in [-0.4, -0.2) is 37.1 Å². The van der Waals surface area contributed by atoms with Gasteiger partial charge in [0.15, 0.2) is 0 Å². The van der Waals surface area contributed by atoms with Crippen molar-refractivity contribution in [1.82, 2.24) is 4.90 Å². The van der Waals surface area contributed by atoms with E-state index in [1.165, 1.54) is 64.0 Å². The lowest BCUT2D eigenvalue weighted by Crippen LogP contribution is -2.38. The number of para-hydroxylation sites is 1. The van der Waals surface area contributed by atoms with Crippen molar-refractivity contribution in [2.75, 3.05) is 31.1 Å². The predicted molar refractivity (Wildman–Crippen MR) is 91.6 cm³/mol. The molecule has 4 heteroatoms. The van der Waals surface area contributed by atoms with Crippen molar-refractivity contribution >= 4 is 30.5 Å². The minimum Gasteiger partial charge on any atom is -0.367 e. The molecule has 0 N–H and O–H groups in total. The van der Waals surface area contributed by atoms with Gasteiger partial charge in [0.1, 0.15) is 0 Å². The third-order valence-corrected chi connectivity index (χ3v) is 4.18. The number of hydrogen-bond donors (Lipinski definition) is 0. The highest BCUT2D eigenvalue weighted by Gasteiger charge is 2.29. The molecule has 1 saturated heterocycles. The first kappa shape index (κ1) is 17.6. The smallest absolute Gasteiger partial charge is 0.0369 e. The second kappa shape index (κ2) is 8.76. The lowest BCUT2D eigenvalue weighted by Gasteiger charge is -2.31. The summed E-state index contributed by atoms with van der Waals surface area (Å²) in [6, 6.07) is 11.8. The molecule has 20 heavy (non-hydrogen) atoms. The molecule has 0 spiro atoms. The highest BCUT2D eigenvalue weighted by Crippen LogP contribution is 2.31. The molecular weight excluding hydrogens is 291 g/mol. The van der Waals surface area contributed by atoms with Crippen LogP contribution in [0, 0.1) is 0 Å². The first-order valence-corrected chi connectivity index (χ1v) is 7.47. The van der Waals surface area contributed by atoms with E-state index in [0.717, 1.165) is 6.04 Å². The Labute approximate surface area is 135 Å². The van der Waals surface area contributed by atoms with Gasteiger partial charge in [0.05, 0.1) is 0 Å². The van der Waals surface area contributed by atoms with E-state index < -0.39 is 0 Å². The second-order valence-electron chi connectivity index (χ2n) is 5.66. The maximum Gasteiger partial charge on any atom is 0.0369 e. The molecule has 1 aliphatic carbocycles. The van der Waals surface area contributed by atoms with Gasteiger partial charge in [-0.1, -0.05) is 24.6 Å². The maximum atomic E-state index is 2.64. The number of benzene rings is 1. The van der Waals surface area contributed by atoms with Crippen molar-refractivity contribution in [3.05, 3.63) is 30.3 Å². The third-order valence-electron chi connectivity index (χ3n) is 4.18. The van der Waals surface area contributed by atoms with Crippen molar-refractivity contribution in [3.63, 3.8) is 0 Å². The summed E-state index contributed by atoms with van der Waals surface area (Å²) in [6.07, 6.45) is 6.99. The zero-order valence-electron chi connectivity index (χ0n) is 12.0. The van der Waals surface area contributed by atoms with Crippen LogP contribution in [0.25, 0.3) is 0 Å². The van der Waals surface area contributed by atoms with Gasteiger partial charge in [-0.2, -0.15) is 0 Å². The molecule has 1 heterocycles. The van der Waals surface area contributed by atoms with Gasteiger partial charge in [-0.25, -0.2) is 0 Å². The number of rotatable bonds is 5. The van der Waals surface area contributed by atoms with E-state index in [9.17, 15) is 0 Å². The Kier molecular flexibility index (Phi) is 7.71. The summed E-state index contributed by atoms with van der Waals surface area (Å²) in [5, 5.41) is 0. The minimum absolute atomic E-state index is 0. The topological polar surface area (TPSA) is 6.48 Å². The van der Waals surface area contributed by atoms with E-state index in [-0.39, 0.29) is 24.8 Å². The monoisotopic (exact) mass is 316 g/mol. The van der Waals surface area contributed by atoms with E-state index in [1.807, 2.05) is 0 Å². The fourth-order valence-electron chi connectivity index (χ4n) is 2.96. The van der Waals surface area contributed by atoms with Gasteiger partial charge in [0.2, 0.25) is 0 Å². The average molecular weight is 317 g/mol. The molecule has 1 saturated carbocycles. The summed E-state index contributed by atoms with van der Waals surface area (Å²) in [7, 11) is 0. The van der Waals surface area contributed by atoms with Crippen molar-refractivity contribution in [1.29, 1.82) is 0 Å². The number of nitrogens with zero attached hydrogens (tertiary/aromatic N) is 2. The molecule has 0 bridgehead atoms. The largest absolute Gasteiger partial charge is 0.367 e. The maximum absolute atomic E-state index is 2.64. The fraction of sp³-hybridized carbons (Fsp3) is 0.625. The summed E-state index contributed by atoms with van der Waals surface area (Å²) >= 11 is 0. The molecule has 2 fully saturated rings. The summed E-state index contributed by atoms with van der Waals surface area (Å²) in [5.74, 6) is 0. The molecule has 2 nitrogen and oxygen atoms in total. The zero-order valence-corrected chi connectivity index (χ0v) is 13.7. The van der Waals surface area contributed by atoms with Gasteiger partial charge in [-0.05, 0) is 50.9 Å². The second-order valence-corrected chi connectivity index (χ2v) is 5.66. The first-order chi connectivity index (χ1) is 8.93. The zero-order chi connectivity index (χ0) is 12.2.